The van der Waals surface area contributed by atoms with Crippen molar-refractivity contribution in [1.29, 1.82) is 0 Å². The molecule has 29 heavy (non-hydrogen) atoms. The third-order valence-electron chi connectivity index (χ3n) is 6.18. The van der Waals surface area contributed by atoms with Crippen LogP contribution in [0.4, 0.5) is 0 Å². The molecule has 0 saturated heterocycles. The number of ketones is 1. The van der Waals surface area contributed by atoms with Crippen LogP contribution >= 0.6 is 0 Å². The molecule has 4 rings (SSSR count). The van der Waals surface area contributed by atoms with Gasteiger partial charge in [0.2, 0.25) is 12.5 Å². The van der Waals surface area contributed by atoms with E-state index < -0.39 is 0 Å². The minimum absolute atomic E-state index is 0.0503. The highest BCUT2D eigenvalue weighted by atomic mass is 16.7. The van der Waals surface area contributed by atoms with Gasteiger partial charge >= 0.3 is 0 Å². The predicted octanol–water partition coefficient (Wildman–Crippen LogP) is 3.49. The number of nitrogens with zero attached hydrogens (tertiary/aromatic N) is 1. The second-order valence-corrected chi connectivity index (χ2v) is 8.30. The lowest BCUT2D eigenvalue weighted by molar-refractivity contribution is -0.922. The Balaban J connectivity index is 1.75. The SMILES string of the molecule is COc1c2c(cc3c1C(CC(=O)c1ccc(C=O)c(C)c1)[N+](C)(C)CC3)OCO2. The normalized spacial score (nSPS) is 18.8. The van der Waals surface area contributed by atoms with Crippen molar-refractivity contribution in [2.75, 3.05) is 34.5 Å². The van der Waals surface area contributed by atoms with E-state index >= 15 is 0 Å². The van der Waals surface area contributed by atoms with Crippen molar-refractivity contribution in [3.05, 3.63) is 52.1 Å². The zero-order valence-corrected chi connectivity index (χ0v) is 17.3. The van der Waals surface area contributed by atoms with Gasteiger partial charge in [-0.25, -0.2) is 0 Å². The van der Waals surface area contributed by atoms with Crippen molar-refractivity contribution >= 4 is 12.1 Å². The van der Waals surface area contributed by atoms with Gasteiger partial charge in [-0.1, -0.05) is 12.1 Å². The summed E-state index contributed by atoms with van der Waals surface area (Å²) in [5.41, 5.74) is 4.22. The van der Waals surface area contributed by atoms with Gasteiger partial charge in [0.15, 0.2) is 17.3 Å². The van der Waals surface area contributed by atoms with Crippen LogP contribution in [0, 0.1) is 6.92 Å². The van der Waals surface area contributed by atoms with Crippen LogP contribution in [-0.4, -0.2) is 51.1 Å². The molecule has 1 unspecified atom stereocenters. The first kappa shape index (κ1) is 19.5. The highest BCUT2D eigenvalue weighted by Gasteiger charge is 2.42. The number of aryl methyl sites for hydroxylation is 1. The maximum absolute atomic E-state index is 13.2. The molecule has 0 radical (unpaired) electrons. The molecule has 0 amide bonds. The summed E-state index contributed by atoms with van der Waals surface area (Å²) in [6.45, 7) is 2.94. The van der Waals surface area contributed by atoms with E-state index in [1.165, 1.54) is 0 Å². The van der Waals surface area contributed by atoms with Gasteiger partial charge in [0.1, 0.15) is 12.3 Å². The second kappa shape index (κ2) is 7.19. The quantitative estimate of drug-likeness (QED) is 0.440. The first-order chi connectivity index (χ1) is 13.9. The topological polar surface area (TPSA) is 61.8 Å². The molecular formula is C23H26NO5+. The molecule has 0 N–H and O–H groups in total. The minimum atomic E-state index is -0.0678. The van der Waals surface area contributed by atoms with Crippen LogP contribution in [0.5, 0.6) is 17.2 Å². The van der Waals surface area contributed by atoms with Crippen molar-refractivity contribution in [1.82, 2.24) is 0 Å². The largest absolute Gasteiger partial charge is 0.492 e. The molecule has 152 valence electrons. The van der Waals surface area contributed by atoms with Gasteiger partial charge in [0.05, 0.1) is 39.7 Å². The van der Waals surface area contributed by atoms with Crippen molar-refractivity contribution in [3.63, 3.8) is 0 Å². The molecule has 1 atom stereocenters. The third kappa shape index (κ3) is 3.27. The summed E-state index contributed by atoms with van der Waals surface area (Å²) in [5, 5.41) is 0. The summed E-state index contributed by atoms with van der Waals surface area (Å²) in [4.78, 5) is 24.3. The Labute approximate surface area is 170 Å². The molecule has 6 nitrogen and oxygen atoms in total. The standard InChI is InChI=1S/C23H26NO5/c1-14-9-15(5-6-17(14)12-25)19(26)11-18-21-16(7-8-24(18,2)3)10-20-22(23(21)27-4)29-13-28-20/h5-6,9-10,12,18H,7-8,11,13H2,1-4H3/q+1. The van der Waals surface area contributed by atoms with Gasteiger partial charge in [-0.15, -0.1) is 0 Å². The number of benzene rings is 2. The monoisotopic (exact) mass is 396 g/mol. The average molecular weight is 396 g/mol. The number of likely N-dealkylation sites (N-methyl/N-ethyl adjacent to an activating group) is 1. The molecule has 6 heteroatoms. The summed E-state index contributed by atoms with van der Waals surface area (Å²) in [6, 6.07) is 7.21. The van der Waals surface area contributed by atoms with E-state index in [1.54, 1.807) is 25.3 Å². The molecule has 2 aromatic rings. The van der Waals surface area contributed by atoms with Crippen molar-refractivity contribution in [2.24, 2.45) is 0 Å². The van der Waals surface area contributed by atoms with E-state index in [1.807, 2.05) is 13.0 Å². The number of hydrogen-bond donors (Lipinski definition) is 0. The van der Waals surface area contributed by atoms with Crippen molar-refractivity contribution in [3.8, 4) is 17.2 Å². The van der Waals surface area contributed by atoms with E-state index in [0.717, 1.165) is 35.9 Å². The smallest absolute Gasteiger partial charge is 0.231 e. The molecule has 2 aromatic carbocycles. The fourth-order valence-electron chi connectivity index (χ4n) is 4.39. The number of carbonyl (C=O) groups is 2. The number of ether oxygens (including phenoxy) is 3. The van der Waals surface area contributed by atoms with Crippen molar-refractivity contribution in [2.45, 2.75) is 25.8 Å². The first-order valence-electron chi connectivity index (χ1n) is 9.76. The molecule has 2 aliphatic rings. The summed E-state index contributed by atoms with van der Waals surface area (Å²) < 4.78 is 17.7. The van der Waals surface area contributed by atoms with Gasteiger partial charge in [0.25, 0.3) is 0 Å². The Hall–Kier alpha value is -2.86. The van der Waals surface area contributed by atoms with Crippen LogP contribution in [0.3, 0.4) is 0 Å². The Kier molecular flexibility index (Phi) is 4.82. The maximum atomic E-state index is 13.2. The number of quaternary nitrogens is 1. The van der Waals surface area contributed by atoms with E-state index in [0.29, 0.717) is 39.3 Å². The average Bonchev–Trinajstić information content (AvgIpc) is 3.16. The molecule has 2 aliphatic heterocycles. The lowest BCUT2D eigenvalue weighted by atomic mass is 9.85. The number of carbonyl (C=O) groups excluding carboxylic acids is 2. The number of methoxy groups -OCH3 is 1. The van der Waals surface area contributed by atoms with Gasteiger partial charge < -0.3 is 18.7 Å². The van der Waals surface area contributed by atoms with Crippen LogP contribution in [0.1, 0.15) is 49.9 Å². The number of fused-ring (bicyclic) bond motifs is 2. The number of hydrogen-bond acceptors (Lipinski definition) is 5. The summed E-state index contributed by atoms with van der Waals surface area (Å²) in [5.74, 6) is 2.05. The van der Waals surface area contributed by atoms with Gasteiger partial charge in [-0.2, -0.15) is 0 Å². The first-order valence-corrected chi connectivity index (χ1v) is 9.76. The molecular weight excluding hydrogens is 370 g/mol. The fourth-order valence-corrected chi connectivity index (χ4v) is 4.39. The Morgan fingerprint density at radius 2 is 2.07 bits per heavy atom. The molecule has 0 saturated carbocycles. The van der Waals surface area contributed by atoms with Gasteiger partial charge in [-0.05, 0) is 30.2 Å². The summed E-state index contributed by atoms with van der Waals surface area (Å²) in [6.07, 6.45) is 2.04. The summed E-state index contributed by atoms with van der Waals surface area (Å²) >= 11 is 0. The molecule has 0 bridgehead atoms. The Morgan fingerprint density at radius 1 is 1.28 bits per heavy atom. The number of aldehydes is 1. The molecule has 0 spiro atoms. The summed E-state index contributed by atoms with van der Waals surface area (Å²) in [7, 11) is 5.92. The van der Waals surface area contributed by atoms with Crippen LogP contribution < -0.4 is 14.2 Å². The Bertz CT molecular complexity index is 995. The van der Waals surface area contributed by atoms with Crippen LogP contribution in [0.15, 0.2) is 24.3 Å². The fraction of sp³-hybridized carbons (Fsp3) is 0.391. The van der Waals surface area contributed by atoms with Crippen LogP contribution in [0.2, 0.25) is 0 Å². The minimum Gasteiger partial charge on any atom is -0.492 e. The lowest BCUT2D eigenvalue weighted by Gasteiger charge is -2.43. The highest BCUT2D eigenvalue weighted by molar-refractivity contribution is 5.97. The number of Topliss-reactive ketones (excluding diaryl/α,β-unsaturated/α-hetero) is 1. The van der Waals surface area contributed by atoms with Crippen LogP contribution in [0.25, 0.3) is 0 Å². The van der Waals surface area contributed by atoms with E-state index in [2.05, 4.69) is 14.1 Å². The van der Waals surface area contributed by atoms with E-state index in [-0.39, 0.29) is 18.6 Å². The van der Waals surface area contributed by atoms with E-state index in [4.69, 9.17) is 14.2 Å². The van der Waals surface area contributed by atoms with Gasteiger partial charge in [0, 0.05) is 17.5 Å². The van der Waals surface area contributed by atoms with Crippen molar-refractivity contribution < 1.29 is 28.3 Å². The molecule has 0 aromatic heterocycles. The molecule has 0 aliphatic carbocycles. The molecule has 0 fully saturated rings. The van der Waals surface area contributed by atoms with Crippen LogP contribution in [-0.2, 0) is 6.42 Å². The predicted molar refractivity (Wildman–Crippen MR) is 108 cm³/mol. The molecule has 2 heterocycles. The number of rotatable bonds is 5. The maximum Gasteiger partial charge on any atom is 0.231 e. The second-order valence-electron chi connectivity index (χ2n) is 8.30. The highest BCUT2D eigenvalue weighted by Crippen LogP contribution is 2.51. The third-order valence-corrected chi connectivity index (χ3v) is 6.18. The zero-order valence-electron chi connectivity index (χ0n) is 17.3. The van der Waals surface area contributed by atoms with E-state index in [9.17, 15) is 9.59 Å². The lowest BCUT2D eigenvalue weighted by Crippen LogP contribution is -2.48. The van der Waals surface area contributed by atoms with Gasteiger partial charge in [-0.3, -0.25) is 9.59 Å². The Morgan fingerprint density at radius 3 is 2.76 bits per heavy atom. The zero-order chi connectivity index (χ0) is 20.8.